The molecule has 0 heterocycles. The Bertz CT molecular complexity index is 515. The van der Waals surface area contributed by atoms with Crippen molar-refractivity contribution in [1.29, 1.82) is 0 Å². The van der Waals surface area contributed by atoms with Crippen molar-refractivity contribution < 1.29 is 14.3 Å². The van der Waals surface area contributed by atoms with Crippen LogP contribution in [0.4, 0.5) is 0 Å². The SMILES string of the molecule is CCOC(=O)CCNC(=O)/C=C/c1ccc(Cl)cc1Cl. The predicted molar refractivity (Wildman–Crippen MR) is 79.8 cm³/mol. The Balaban J connectivity index is 2.42. The Morgan fingerprint density at radius 3 is 2.75 bits per heavy atom. The van der Waals surface area contributed by atoms with Crippen LogP contribution in [0.25, 0.3) is 6.08 Å². The lowest BCUT2D eigenvalue weighted by Crippen LogP contribution is -2.24. The summed E-state index contributed by atoms with van der Waals surface area (Å²) < 4.78 is 4.74. The summed E-state index contributed by atoms with van der Waals surface area (Å²) in [6, 6.07) is 5.00. The van der Waals surface area contributed by atoms with E-state index in [2.05, 4.69) is 5.32 Å². The summed E-state index contributed by atoms with van der Waals surface area (Å²) in [5.74, 6) is -0.641. The number of carbonyl (C=O) groups excluding carboxylic acids is 2. The van der Waals surface area contributed by atoms with E-state index in [1.165, 1.54) is 6.08 Å². The summed E-state index contributed by atoms with van der Waals surface area (Å²) >= 11 is 11.7. The molecule has 1 aromatic rings. The van der Waals surface area contributed by atoms with Crippen LogP contribution in [0, 0.1) is 0 Å². The summed E-state index contributed by atoms with van der Waals surface area (Å²) in [6.07, 6.45) is 3.08. The van der Waals surface area contributed by atoms with Crippen LogP contribution in [0.15, 0.2) is 24.3 Å². The molecule has 0 aliphatic carbocycles. The lowest BCUT2D eigenvalue weighted by molar-refractivity contribution is -0.142. The third-order valence-electron chi connectivity index (χ3n) is 2.31. The molecule has 20 heavy (non-hydrogen) atoms. The minimum atomic E-state index is -0.336. The molecule has 0 aliphatic rings. The smallest absolute Gasteiger partial charge is 0.307 e. The Kier molecular flexibility index (Phi) is 7.12. The molecule has 0 aromatic heterocycles. The minimum Gasteiger partial charge on any atom is -0.466 e. The van der Waals surface area contributed by atoms with Crippen molar-refractivity contribution >= 4 is 41.2 Å². The normalized spacial score (nSPS) is 10.6. The molecular weight excluding hydrogens is 301 g/mol. The summed E-state index contributed by atoms with van der Waals surface area (Å²) in [5.41, 5.74) is 0.691. The van der Waals surface area contributed by atoms with E-state index in [-0.39, 0.29) is 24.8 Å². The molecule has 0 spiro atoms. The highest BCUT2D eigenvalue weighted by Crippen LogP contribution is 2.21. The highest BCUT2D eigenvalue weighted by atomic mass is 35.5. The first-order valence-electron chi connectivity index (χ1n) is 6.09. The van der Waals surface area contributed by atoms with Crippen molar-refractivity contribution in [3.63, 3.8) is 0 Å². The number of amides is 1. The van der Waals surface area contributed by atoms with Crippen LogP contribution in [0.2, 0.25) is 10.0 Å². The van der Waals surface area contributed by atoms with Gasteiger partial charge in [0.05, 0.1) is 13.0 Å². The summed E-state index contributed by atoms with van der Waals surface area (Å²) in [4.78, 5) is 22.6. The van der Waals surface area contributed by atoms with Crippen molar-refractivity contribution in [1.82, 2.24) is 5.32 Å². The van der Waals surface area contributed by atoms with Crippen LogP contribution in [0.5, 0.6) is 0 Å². The average Bonchev–Trinajstić information content (AvgIpc) is 2.38. The molecule has 0 saturated carbocycles. The van der Waals surface area contributed by atoms with Gasteiger partial charge in [0.1, 0.15) is 0 Å². The zero-order chi connectivity index (χ0) is 15.0. The average molecular weight is 316 g/mol. The van der Waals surface area contributed by atoms with Crippen LogP contribution >= 0.6 is 23.2 Å². The number of ether oxygens (including phenoxy) is 1. The molecule has 6 heteroatoms. The fourth-order valence-corrected chi connectivity index (χ4v) is 1.85. The molecule has 0 aliphatic heterocycles. The molecule has 108 valence electrons. The zero-order valence-corrected chi connectivity index (χ0v) is 12.5. The van der Waals surface area contributed by atoms with Gasteiger partial charge in [-0.2, -0.15) is 0 Å². The number of nitrogens with one attached hydrogen (secondary N) is 1. The zero-order valence-electron chi connectivity index (χ0n) is 11.0. The topological polar surface area (TPSA) is 55.4 Å². The second-order valence-corrected chi connectivity index (χ2v) is 4.69. The second kappa shape index (κ2) is 8.61. The van der Waals surface area contributed by atoms with E-state index in [9.17, 15) is 9.59 Å². The molecule has 4 nitrogen and oxygen atoms in total. The van der Waals surface area contributed by atoms with Gasteiger partial charge in [0.15, 0.2) is 0 Å². The van der Waals surface area contributed by atoms with Gasteiger partial charge < -0.3 is 10.1 Å². The third kappa shape index (κ3) is 6.08. The van der Waals surface area contributed by atoms with E-state index < -0.39 is 0 Å². The number of rotatable bonds is 6. The highest BCUT2D eigenvalue weighted by molar-refractivity contribution is 6.35. The molecule has 0 unspecified atom stereocenters. The van der Waals surface area contributed by atoms with Gasteiger partial charge in [-0.1, -0.05) is 29.3 Å². The predicted octanol–water partition coefficient (Wildman–Crippen LogP) is 3.08. The van der Waals surface area contributed by atoms with Gasteiger partial charge in [-0.15, -0.1) is 0 Å². The van der Waals surface area contributed by atoms with Crippen molar-refractivity contribution in [2.75, 3.05) is 13.2 Å². The second-order valence-electron chi connectivity index (χ2n) is 3.85. The van der Waals surface area contributed by atoms with Gasteiger partial charge in [0, 0.05) is 22.7 Å². The van der Waals surface area contributed by atoms with E-state index in [0.29, 0.717) is 22.2 Å². The summed E-state index contributed by atoms with van der Waals surface area (Å²) in [5, 5.41) is 3.58. The van der Waals surface area contributed by atoms with Crippen molar-refractivity contribution in [2.45, 2.75) is 13.3 Å². The van der Waals surface area contributed by atoms with Crippen LogP contribution in [0.3, 0.4) is 0 Å². The molecule has 1 N–H and O–H groups in total. The molecule has 1 aromatic carbocycles. The maximum Gasteiger partial charge on any atom is 0.307 e. The largest absolute Gasteiger partial charge is 0.466 e. The number of carbonyl (C=O) groups is 2. The Morgan fingerprint density at radius 2 is 2.10 bits per heavy atom. The van der Waals surface area contributed by atoms with Gasteiger partial charge in [-0.3, -0.25) is 9.59 Å². The number of hydrogen-bond donors (Lipinski definition) is 1. The monoisotopic (exact) mass is 315 g/mol. The highest BCUT2D eigenvalue weighted by Gasteiger charge is 2.03. The number of esters is 1. The number of hydrogen-bond acceptors (Lipinski definition) is 3. The molecule has 0 saturated heterocycles. The van der Waals surface area contributed by atoms with Crippen LogP contribution < -0.4 is 5.32 Å². The molecule has 0 bridgehead atoms. The van der Waals surface area contributed by atoms with E-state index >= 15 is 0 Å². The third-order valence-corrected chi connectivity index (χ3v) is 2.87. The molecule has 0 atom stereocenters. The maximum absolute atomic E-state index is 11.5. The molecule has 0 fully saturated rings. The van der Waals surface area contributed by atoms with Crippen molar-refractivity contribution in [2.24, 2.45) is 0 Å². The summed E-state index contributed by atoms with van der Waals surface area (Å²) in [7, 11) is 0. The van der Waals surface area contributed by atoms with Crippen LogP contribution in [0.1, 0.15) is 18.9 Å². The van der Waals surface area contributed by atoms with Gasteiger partial charge in [0.2, 0.25) is 5.91 Å². The lowest BCUT2D eigenvalue weighted by Gasteiger charge is -2.02. The van der Waals surface area contributed by atoms with Gasteiger partial charge in [-0.05, 0) is 30.7 Å². The minimum absolute atomic E-state index is 0.148. The quantitative estimate of drug-likeness (QED) is 0.648. The molecule has 1 amide bonds. The Hall–Kier alpha value is -1.52. The molecule has 1 rings (SSSR count). The summed E-state index contributed by atoms with van der Waals surface area (Å²) in [6.45, 7) is 2.30. The van der Waals surface area contributed by atoms with Gasteiger partial charge in [-0.25, -0.2) is 0 Å². The number of halogens is 2. The lowest BCUT2D eigenvalue weighted by atomic mass is 10.2. The standard InChI is InChI=1S/C14H15Cl2NO3/c1-2-20-14(19)7-8-17-13(18)6-4-10-3-5-11(15)9-12(10)16/h3-6,9H,2,7-8H2,1H3,(H,17,18)/b6-4+. The van der Waals surface area contributed by atoms with Crippen LogP contribution in [-0.4, -0.2) is 25.0 Å². The molecular formula is C14H15Cl2NO3. The van der Waals surface area contributed by atoms with E-state index in [4.69, 9.17) is 27.9 Å². The first-order valence-corrected chi connectivity index (χ1v) is 6.85. The van der Waals surface area contributed by atoms with Crippen LogP contribution in [-0.2, 0) is 14.3 Å². The van der Waals surface area contributed by atoms with E-state index in [0.717, 1.165) is 0 Å². The maximum atomic E-state index is 11.5. The van der Waals surface area contributed by atoms with Gasteiger partial charge in [0.25, 0.3) is 0 Å². The van der Waals surface area contributed by atoms with Crippen molar-refractivity contribution in [3.05, 3.63) is 39.9 Å². The Labute approximate surface area is 127 Å². The van der Waals surface area contributed by atoms with Crippen molar-refractivity contribution in [3.8, 4) is 0 Å². The first kappa shape index (κ1) is 16.5. The van der Waals surface area contributed by atoms with E-state index in [1.54, 1.807) is 31.2 Å². The number of benzene rings is 1. The fraction of sp³-hybridized carbons (Fsp3) is 0.286. The van der Waals surface area contributed by atoms with Gasteiger partial charge >= 0.3 is 5.97 Å². The first-order chi connectivity index (χ1) is 9.52. The van der Waals surface area contributed by atoms with E-state index in [1.807, 2.05) is 0 Å². The molecule has 0 radical (unpaired) electrons. The Morgan fingerprint density at radius 1 is 1.35 bits per heavy atom. The fourth-order valence-electron chi connectivity index (χ4n) is 1.38.